The van der Waals surface area contributed by atoms with Crippen molar-refractivity contribution in [3.05, 3.63) is 58.8 Å². The van der Waals surface area contributed by atoms with E-state index in [0.29, 0.717) is 27.5 Å². The van der Waals surface area contributed by atoms with Gasteiger partial charge in [0.1, 0.15) is 5.82 Å². The van der Waals surface area contributed by atoms with E-state index in [1.807, 2.05) is 30.3 Å². The maximum absolute atomic E-state index is 6.30. The van der Waals surface area contributed by atoms with Crippen LogP contribution in [-0.4, -0.2) is 47.0 Å². The van der Waals surface area contributed by atoms with E-state index in [-0.39, 0.29) is 0 Å². The number of pyridine rings is 1. The summed E-state index contributed by atoms with van der Waals surface area (Å²) in [6.45, 7) is 1.75. The maximum atomic E-state index is 6.30. The zero-order valence-corrected chi connectivity index (χ0v) is 17.3. The minimum atomic E-state index is 0.450. The van der Waals surface area contributed by atoms with Gasteiger partial charge in [0.2, 0.25) is 5.95 Å². The molecule has 0 fully saturated rings. The minimum Gasteiger partial charge on any atom is -0.354 e. The highest BCUT2D eigenvalue weighted by Crippen LogP contribution is 2.32. The molecular weight excluding hydrogens is 395 g/mol. The molecule has 0 aliphatic heterocycles. The molecule has 2 N–H and O–H groups in total. The molecular formula is C20H22Cl2N6. The lowest BCUT2D eigenvalue weighted by molar-refractivity contribution is 0.405. The molecule has 3 aromatic rings. The minimum absolute atomic E-state index is 0.450. The van der Waals surface area contributed by atoms with Crippen molar-refractivity contribution >= 4 is 40.7 Å². The molecule has 0 amide bonds. The fraction of sp³-hybridized carbons (Fsp3) is 0.250. The van der Waals surface area contributed by atoms with Crippen LogP contribution in [0.3, 0.4) is 0 Å². The van der Waals surface area contributed by atoms with Gasteiger partial charge < -0.3 is 15.5 Å². The summed E-state index contributed by atoms with van der Waals surface area (Å²) in [5, 5.41) is 7.46. The fourth-order valence-corrected chi connectivity index (χ4v) is 2.93. The van der Waals surface area contributed by atoms with Crippen LogP contribution >= 0.6 is 23.2 Å². The van der Waals surface area contributed by atoms with E-state index in [1.165, 1.54) is 0 Å². The van der Waals surface area contributed by atoms with E-state index in [2.05, 4.69) is 44.6 Å². The normalized spacial score (nSPS) is 10.9. The predicted molar refractivity (Wildman–Crippen MR) is 117 cm³/mol. The zero-order chi connectivity index (χ0) is 19.9. The monoisotopic (exact) mass is 416 g/mol. The van der Waals surface area contributed by atoms with Crippen molar-refractivity contribution in [3.8, 4) is 11.3 Å². The van der Waals surface area contributed by atoms with E-state index in [1.54, 1.807) is 18.5 Å². The van der Waals surface area contributed by atoms with Gasteiger partial charge in [-0.25, -0.2) is 4.98 Å². The topological polar surface area (TPSA) is 66.0 Å². The Morgan fingerprint density at radius 2 is 1.93 bits per heavy atom. The third-order valence-electron chi connectivity index (χ3n) is 3.96. The SMILES string of the molecule is CN(C)CCCNc1nc(Nc2cccc(Cl)c2Cl)cc(-c2cccnc2)n1. The molecule has 3 rings (SSSR count). The Balaban J connectivity index is 1.87. The van der Waals surface area contributed by atoms with Crippen LogP contribution < -0.4 is 10.6 Å². The summed E-state index contributed by atoms with van der Waals surface area (Å²) >= 11 is 12.4. The van der Waals surface area contributed by atoms with Crippen LogP contribution in [-0.2, 0) is 0 Å². The van der Waals surface area contributed by atoms with Crippen molar-refractivity contribution in [1.82, 2.24) is 19.9 Å². The van der Waals surface area contributed by atoms with Crippen molar-refractivity contribution in [2.75, 3.05) is 37.8 Å². The summed E-state index contributed by atoms with van der Waals surface area (Å²) in [4.78, 5) is 15.5. The first kappa shape index (κ1) is 20.3. The number of nitrogens with zero attached hydrogens (tertiary/aromatic N) is 4. The zero-order valence-electron chi connectivity index (χ0n) is 15.8. The number of benzene rings is 1. The smallest absolute Gasteiger partial charge is 0.225 e. The van der Waals surface area contributed by atoms with Gasteiger partial charge in [0.25, 0.3) is 0 Å². The first-order chi connectivity index (χ1) is 13.5. The number of nitrogens with one attached hydrogen (secondary N) is 2. The van der Waals surface area contributed by atoms with Crippen LogP contribution in [0.1, 0.15) is 6.42 Å². The number of halogens is 2. The second kappa shape index (κ2) is 9.68. The Labute approximate surface area is 174 Å². The van der Waals surface area contributed by atoms with Gasteiger partial charge >= 0.3 is 0 Å². The maximum Gasteiger partial charge on any atom is 0.225 e. The Morgan fingerprint density at radius 3 is 2.68 bits per heavy atom. The van der Waals surface area contributed by atoms with E-state index in [4.69, 9.17) is 23.2 Å². The second-order valence-electron chi connectivity index (χ2n) is 6.51. The average molecular weight is 417 g/mol. The van der Waals surface area contributed by atoms with E-state index in [9.17, 15) is 0 Å². The van der Waals surface area contributed by atoms with Gasteiger partial charge in [0, 0.05) is 30.6 Å². The molecule has 0 unspecified atom stereocenters. The first-order valence-electron chi connectivity index (χ1n) is 8.92. The third-order valence-corrected chi connectivity index (χ3v) is 4.78. The summed E-state index contributed by atoms with van der Waals surface area (Å²) < 4.78 is 0. The van der Waals surface area contributed by atoms with Crippen molar-refractivity contribution in [1.29, 1.82) is 0 Å². The summed E-state index contributed by atoms with van der Waals surface area (Å²) in [6, 6.07) is 11.1. The van der Waals surface area contributed by atoms with Crippen LogP contribution in [0.2, 0.25) is 10.0 Å². The Hall–Kier alpha value is -2.41. The Bertz CT molecular complexity index is 918. The quantitative estimate of drug-likeness (QED) is 0.506. The lowest BCUT2D eigenvalue weighted by Crippen LogP contribution is -2.17. The van der Waals surface area contributed by atoms with Crippen LogP contribution in [0, 0.1) is 0 Å². The molecule has 2 heterocycles. The van der Waals surface area contributed by atoms with Crippen molar-refractivity contribution in [2.24, 2.45) is 0 Å². The van der Waals surface area contributed by atoms with Crippen molar-refractivity contribution in [2.45, 2.75) is 6.42 Å². The van der Waals surface area contributed by atoms with E-state index >= 15 is 0 Å². The van der Waals surface area contributed by atoms with Crippen LogP contribution in [0.25, 0.3) is 11.3 Å². The largest absolute Gasteiger partial charge is 0.354 e. The number of hydrogen-bond acceptors (Lipinski definition) is 6. The predicted octanol–water partition coefficient (Wildman–Crippen LogP) is 4.95. The molecule has 1 aromatic carbocycles. The Morgan fingerprint density at radius 1 is 1.07 bits per heavy atom. The van der Waals surface area contributed by atoms with Crippen LogP contribution in [0.4, 0.5) is 17.5 Å². The van der Waals surface area contributed by atoms with Crippen LogP contribution in [0.5, 0.6) is 0 Å². The van der Waals surface area contributed by atoms with Gasteiger partial charge in [-0.1, -0.05) is 29.3 Å². The van der Waals surface area contributed by atoms with Gasteiger partial charge in [0.15, 0.2) is 0 Å². The summed E-state index contributed by atoms with van der Waals surface area (Å²) in [5.74, 6) is 1.16. The number of hydrogen-bond donors (Lipinski definition) is 2. The standard InChI is InChI=1S/C20H22Cl2N6/c1-28(2)11-5-10-24-20-26-17(14-6-4-9-23-13-14)12-18(27-20)25-16-8-3-7-15(21)19(16)22/h3-4,6-9,12-13H,5,10-11H2,1-2H3,(H2,24,25,26,27). The highest BCUT2D eigenvalue weighted by molar-refractivity contribution is 6.43. The Kier molecular flexibility index (Phi) is 7.03. The molecule has 0 radical (unpaired) electrons. The summed E-state index contributed by atoms with van der Waals surface area (Å²) in [6.07, 6.45) is 4.49. The molecule has 6 nitrogen and oxygen atoms in total. The third kappa shape index (κ3) is 5.55. The van der Waals surface area contributed by atoms with Gasteiger partial charge in [-0.15, -0.1) is 0 Å². The lowest BCUT2D eigenvalue weighted by Gasteiger charge is -2.13. The van der Waals surface area contributed by atoms with Crippen molar-refractivity contribution in [3.63, 3.8) is 0 Å². The van der Waals surface area contributed by atoms with Crippen LogP contribution in [0.15, 0.2) is 48.8 Å². The molecule has 28 heavy (non-hydrogen) atoms. The van der Waals surface area contributed by atoms with Gasteiger partial charge in [-0.2, -0.15) is 4.98 Å². The molecule has 0 saturated carbocycles. The fourth-order valence-electron chi connectivity index (χ4n) is 2.59. The van der Waals surface area contributed by atoms with E-state index in [0.717, 1.165) is 30.8 Å². The van der Waals surface area contributed by atoms with Crippen molar-refractivity contribution < 1.29 is 0 Å². The molecule has 8 heteroatoms. The first-order valence-corrected chi connectivity index (χ1v) is 9.67. The lowest BCUT2D eigenvalue weighted by atomic mass is 10.2. The van der Waals surface area contributed by atoms with Gasteiger partial charge in [-0.3, -0.25) is 4.98 Å². The molecule has 146 valence electrons. The average Bonchev–Trinajstić information content (AvgIpc) is 2.69. The highest BCUT2D eigenvalue weighted by atomic mass is 35.5. The van der Waals surface area contributed by atoms with Gasteiger partial charge in [-0.05, 0) is 51.3 Å². The molecule has 0 aliphatic rings. The molecule has 0 saturated heterocycles. The number of anilines is 3. The molecule has 0 atom stereocenters. The van der Waals surface area contributed by atoms with E-state index < -0.39 is 0 Å². The molecule has 0 aliphatic carbocycles. The highest BCUT2D eigenvalue weighted by Gasteiger charge is 2.10. The molecule has 0 bridgehead atoms. The van der Waals surface area contributed by atoms with Gasteiger partial charge in [0.05, 0.1) is 21.4 Å². The molecule has 0 spiro atoms. The number of rotatable bonds is 8. The molecule has 2 aromatic heterocycles. The summed E-state index contributed by atoms with van der Waals surface area (Å²) in [5.41, 5.74) is 2.35. The summed E-state index contributed by atoms with van der Waals surface area (Å²) in [7, 11) is 4.10. The number of aromatic nitrogens is 3. The second-order valence-corrected chi connectivity index (χ2v) is 7.30.